The number of urea groups is 1. The molecule has 3 atom stereocenters. The molecule has 2 aliphatic carbocycles. The van der Waals surface area contributed by atoms with Crippen molar-refractivity contribution in [1.29, 1.82) is 0 Å². The molecular weight excluding hydrogens is 370 g/mol. The molecule has 1 aromatic carbocycles. The summed E-state index contributed by atoms with van der Waals surface area (Å²) in [5.41, 5.74) is 1.69. The summed E-state index contributed by atoms with van der Waals surface area (Å²) in [7, 11) is 0. The number of aromatic nitrogens is 3. The number of ether oxygens (including phenoxy) is 1. The summed E-state index contributed by atoms with van der Waals surface area (Å²) in [6.45, 7) is 3.19. The van der Waals surface area contributed by atoms with Crippen LogP contribution in [0.3, 0.4) is 0 Å². The van der Waals surface area contributed by atoms with Gasteiger partial charge in [0.05, 0.1) is 6.61 Å². The van der Waals surface area contributed by atoms with Crippen LogP contribution in [0.1, 0.15) is 48.8 Å². The summed E-state index contributed by atoms with van der Waals surface area (Å²) < 4.78 is 4.91. The third-order valence-electron chi connectivity index (χ3n) is 6.00. The Morgan fingerprint density at radius 3 is 2.90 bits per heavy atom. The van der Waals surface area contributed by atoms with Crippen LogP contribution in [0.25, 0.3) is 11.4 Å². The lowest BCUT2D eigenvalue weighted by molar-refractivity contribution is 0.0512. The molecule has 3 N–H and O–H groups in total. The van der Waals surface area contributed by atoms with Crippen molar-refractivity contribution in [2.45, 2.75) is 39.2 Å². The molecule has 0 radical (unpaired) electrons. The fraction of sp³-hybridized carbons (Fsp3) is 0.524. The quantitative estimate of drug-likeness (QED) is 0.623. The van der Waals surface area contributed by atoms with E-state index < -0.39 is 5.97 Å². The van der Waals surface area contributed by atoms with Crippen LogP contribution in [-0.4, -0.2) is 40.3 Å². The van der Waals surface area contributed by atoms with Crippen LogP contribution in [0.2, 0.25) is 0 Å². The van der Waals surface area contributed by atoms with E-state index in [-0.39, 0.29) is 18.5 Å². The number of amides is 2. The van der Waals surface area contributed by atoms with E-state index in [4.69, 9.17) is 4.74 Å². The predicted molar refractivity (Wildman–Crippen MR) is 107 cm³/mol. The SMILES string of the molecule is CCOC(=O)c1nc(-c2cccc(CNC(=O)NCC3CC4CCC3C4)c2)n[nH]1. The molecule has 2 fully saturated rings. The third kappa shape index (κ3) is 4.58. The van der Waals surface area contributed by atoms with Gasteiger partial charge in [0.25, 0.3) is 0 Å². The van der Waals surface area contributed by atoms with Gasteiger partial charge in [-0.1, -0.05) is 24.6 Å². The molecule has 2 bridgehead atoms. The summed E-state index contributed by atoms with van der Waals surface area (Å²) in [6, 6.07) is 7.42. The zero-order valence-corrected chi connectivity index (χ0v) is 16.6. The summed E-state index contributed by atoms with van der Waals surface area (Å²) in [5, 5.41) is 12.6. The first-order chi connectivity index (χ1) is 14.1. The lowest BCUT2D eigenvalue weighted by Crippen LogP contribution is -2.38. The number of hydrogen-bond acceptors (Lipinski definition) is 5. The van der Waals surface area contributed by atoms with Crippen LogP contribution in [0.4, 0.5) is 4.79 Å². The molecule has 2 aliphatic rings. The Labute approximate surface area is 169 Å². The first-order valence-electron chi connectivity index (χ1n) is 10.3. The number of carbonyl (C=O) groups excluding carboxylic acids is 2. The third-order valence-corrected chi connectivity index (χ3v) is 6.00. The van der Waals surface area contributed by atoms with E-state index in [0.717, 1.165) is 29.5 Å². The fourth-order valence-corrected chi connectivity index (χ4v) is 4.60. The Morgan fingerprint density at radius 1 is 1.24 bits per heavy atom. The average Bonchev–Trinajstić information content (AvgIpc) is 3.48. The van der Waals surface area contributed by atoms with E-state index >= 15 is 0 Å². The number of nitrogens with one attached hydrogen (secondary N) is 3. The molecule has 154 valence electrons. The minimum Gasteiger partial charge on any atom is -0.460 e. The largest absolute Gasteiger partial charge is 0.460 e. The van der Waals surface area contributed by atoms with E-state index in [1.807, 2.05) is 24.3 Å². The fourth-order valence-electron chi connectivity index (χ4n) is 4.60. The van der Waals surface area contributed by atoms with Crippen LogP contribution < -0.4 is 10.6 Å². The number of hydrogen-bond donors (Lipinski definition) is 3. The van der Waals surface area contributed by atoms with Crippen LogP contribution >= 0.6 is 0 Å². The second-order valence-electron chi connectivity index (χ2n) is 7.93. The highest BCUT2D eigenvalue weighted by atomic mass is 16.5. The Morgan fingerprint density at radius 2 is 2.14 bits per heavy atom. The lowest BCUT2D eigenvalue weighted by Gasteiger charge is -2.21. The van der Waals surface area contributed by atoms with Gasteiger partial charge in [0.2, 0.25) is 5.82 Å². The molecule has 8 heteroatoms. The van der Waals surface area contributed by atoms with E-state index in [2.05, 4.69) is 25.8 Å². The Hall–Kier alpha value is -2.90. The normalized spacial score (nSPS) is 22.4. The summed E-state index contributed by atoms with van der Waals surface area (Å²) >= 11 is 0. The monoisotopic (exact) mass is 397 g/mol. The van der Waals surface area contributed by atoms with Crippen LogP contribution in [-0.2, 0) is 11.3 Å². The number of esters is 1. The first-order valence-corrected chi connectivity index (χ1v) is 10.3. The molecule has 2 amide bonds. The van der Waals surface area contributed by atoms with E-state index in [9.17, 15) is 9.59 Å². The average molecular weight is 397 g/mol. The summed E-state index contributed by atoms with van der Waals surface area (Å²) in [6.07, 6.45) is 5.30. The van der Waals surface area contributed by atoms with Gasteiger partial charge in [-0.25, -0.2) is 14.6 Å². The van der Waals surface area contributed by atoms with Gasteiger partial charge in [-0.3, -0.25) is 5.10 Å². The molecular formula is C21H27N5O3. The standard InChI is InChI=1S/C21H27N5O3/c1-2-29-20(27)19-24-18(25-26-19)16-5-3-4-14(10-16)11-22-21(28)23-12-17-9-13-6-7-15(17)8-13/h3-5,10,13,15,17H,2,6-9,11-12H2,1H3,(H2,22,23,28)(H,24,25,26). The second-order valence-corrected chi connectivity index (χ2v) is 7.93. The van der Waals surface area contributed by atoms with Crippen molar-refractivity contribution in [3.05, 3.63) is 35.7 Å². The molecule has 29 heavy (non-hydrogen) atoms. The highest BCUT2D eigenvalue weighted by Gasteiger charge is 2.39. The molecule has 4 rings (SSSR count). The molecule has 3 unspecified atom stereocenters. The number of nitrogens with zero attached hydrogens (tertiary/aromatic N) is 2. The maximum absolute atomic E-state index is 12.2. The van der Waals surface area contributed by atoms with Crippen molar-refractivity contribution in [2.75, 3.05) is 13.2 Å². The topological polar surface area (TPSA) is 109 Å². The number of carbonyl (C=O) groups is 2. The molecule has 0 saturated heterocycles. The van der Waals surface area contributed by atoms with Gasteiger partial charge in [-0.15, -0.1) is 0 Å². The van der Waals surface area contributed by atoms with Gasteiger partial charge < -0.3 is 15.4 Å². The van der Waals surface area contributed by atoms with E-state index in [0.29, 0.717) is 18.3 Å². The van der Waals surface area contributed by atoms with Gasteiger partial charge in [0.15, 0.2) is 5.82 Å². The van der Waals surface area contributed by atoms with Crippen molar-refractivity contribution >= 4 is 12.0 Å². The van der Waals surface area contributed by atoms with Gasteiger partial charge in [0, 0.05) is 18.7 Å². The number of fused-ring (bicyclic) bond motifs is 2. The summed E-state index contributed by atoms with van der Waals surface area (Å²) in [4.78, 5) is 28.1. The van der Waals surface area contributed by atoms with Crippen molar-refractivity contribution < 1.29 is 14.3 Å². The second kappa shape index (κ2) is 8.63. The van der Waals surface area contributed by atoms with Crippen molar-refractivity contribution in [3.63, 3.8) is 0 Å². The number of benzene rings is 1. The van der Waals surface area contributed by atoms with Crippen LogP contribution in [0.15, 0.2) is 24.3 Å². The van der Waals surface area contributed by atoms with Crippen molar-refractivity contribution in [1.82, 2.24) is 25.8 Å². The van der Waals surface area contributed by atoms with Gasteiger partial charge in [-0.05, 0) is 55.6 Å². The molecule has 2 aromatic rings. The zero-order chi connectivity index (χ0) is 20.2. The molecule has 1 heterocycles. The van der Waals surface area contributed by atoms with Gasteiger partial charge in [-0.2, -0.15) is 5.10 Å². The van der Waals surface area contributed by atoms with Crippen molar-refractivity contribution in [2.24, 2.45) is 17.8 Å². The van der Waals surface area contributed by atoms with Gasteiger partial charge in [0.1, 0.15) is 0 Å². The maximum atomic E-state index is 12.2. The van der Waals surface area contributed by atoms with Gasteiger partial charge >= 0.3 is 12.0 Å². The molecule has 0 aliphatic heterocycles. The molecule has 1 aromatic heterocycles. The smallest absolute Gasteiger partial charge is 0.375 e. The van der Waals surface area contributed by atoms with E-state index in [1.165, 1.54) is 25.7 Å². The number of rotatable bonds is 7. The molecule has 0 spiro atoms. The lowest BCUT2D eigenvalue weighted by atomic mass is 9.89. The zero-order valence-electron chi connectivity index (χ0n) is 16.6. The highest BCUT2D eigenvalue weighted by molar-refractivity contribution is 5.85. The number of aromatic amines is 1. The predicted octanol–water partition coefficient (Wildman–Crippen LogP) is 2.88. The maximum Gasteiger partial charge on any atom is 0.375 e. The Bertz CT molecular complexity index is 881. The molecule has 8 nitrogen and oxygen atoms in total. The van der Waals surface area contributed by atoms with Crippen LogP contribution in [0.5, 0.6) is 0 Å². The Kier molecular flexibility index (Phi) is 5.78. The van der Waals surface area contributed by atoms with Crippen LogP contribution in [0, 0.1) is 17.8 Å². The Balaban J connectivity index is 1.28. The minimum absolute atomic E-state index is 0.0744. The minimum atomic E-state index is -0.531. The van der Waals surface area contributed by atoms with Crippen molar-refractivity contribution in [3.8, 4) is 11.4 Å². The summed E-state index contributed by atoms with van der Waals surface area (Å²) in [5.74, 6) is 2.29. The highest BCUT2D eigenvalue weighted by Crippen LogP contribution is 2.47. The van der Waals surface area contributed by atoms with E-state index in [1.54, 1.807) is 6.92 Å². The molecule has 2 saturated carbocycles. The first kappa shape index (κ1) is 19.4. The number of H-pyrrole nitrogens is 1.